The molecule has 0 aliphatic heterocycles. The molecule has 1 N–H and O–H groups in total. The molecule has 2 aromatic rings. The number of para-hydroxylation sites is 1. The molecule has 2 aromatic carbocycles. The summed E-state index contributed by atoms with van der Waals surface area (Å²) in [6, 6.07) is 15.4. The number of sulfonamides is 1. The van der Waals surface area contributed by atoms with Crippen LogP contribution < -0.4 is 9.62 Å². The predicted molar refractivity (Wildman–Crippen MR) is 128 cm³/mol. The lowest BCUT2D eigenvalue weighted by Crippen LogP contribution is -2.53. The van der Waals surface area contributed by atoms with Crippen molar-refractivity contribution in [3.63, 3.8) is 0 Å². The molecule has 0 saturated heterocycles. The summed E-state index contributed by atoms with van der Waals surface area (Å²) in [7, 11) is -3.80. The number of halogens is 1. The highest BCUT2D eigenvalue weighted by atomic mass is 35.5. The summed E-state index contributed by atoms with van der Waals surface area (Å²) >= 11 is 6.22. The van der Waals surface area contributed by atoms with Gasteiger partial charge in [-0.1, -0.05) is 61.0 Å². The van der Waals surface area contributed by atoms with Gasteiger partial charge in [-0.2, -0.15) is 0 Å². The normalized spacial score (nSPS) is 12.1. The highest BCUT2D eigenvalue weighted by molar-refractivity contribution is 7.92. The molecule has 0 radical (unpaired) electrons. The summed E-state index contributed by atoms with van der Waals surface area (Å²) in [4.78, 5) is 27.6. The van der Waals surface area contributed by atoms with Crippen LogP contribution in [0.2, 0.25) is 5.02 Å². The van der Waals surface area contributed by atoms with Gasteiger partial charge in [0, 0.05) is 13.1 Å². The molecule has 0 heterocycles. The molecule has 0 aliphatic carbocycles. The van der Waals surface area contributed by atoms with Crippen LogP contribution in [0.5, 0.6) is 0 Å². The third kappa shape index (κ3) is 6.97. The molecule has 174 valence electrons. The summed E-state index contributed by atoms with van der Waals surface area (Å²) in [5.41, 5.74) is 1.24. The number of rotatable bonds is 11. The lowest BCUT2D eigenvalue weighted by atomic mass is 10.1. The second-order valence-electron chi connectivity index (χ2n) is 7.36. The van der Waals surface area contributed by atoms with E-state index in [2.05, 4.69) is 5.32 Å². The van der Waals surface area contributed by atoms with E-state index in [4.69, 9.17) is 11.6 Å². The van der Waals surface area contributed by atoms with E-state index in [-0.39, 0.29) is 23.2 Å². The Hall–Kier alpha value is -2.58. The molecule has 7 nitrogen and oxygen atoms in total. The Morgan fingerprint density at radius 1 is 1.03 bits per heavy atom. The maximum absolute atomic E-state index is 13.4. The van der Waals surface area contributed by atoms with E-state index in [1.807, 2.05) is 44.2 Å². The third-order valence-electron chi connectivity index (χ3n) is 5.02. The average molecular weight is 480 g/mol. The predicted octanol–water partition coefficient (Wildman–Crippen LogP) is 3.09. The summed E-state index contributed by atoms with van der Waals surface area (Å²) in [6.45, 7) is 3.89. The second kappa shape index (κ2) is 11.9. The zero-order valence-corrected chi connectivity index (χ0v) is 20.2. The summed E-state index contributed by atoms with van der Waals surface area (Å²) in [6.07, 6.45) is 1.96. The Balaban J connectivity index is 2.35. The van der Waals surface area contributed by atoms with Crippen molar-refractivity contribution in [2.75, 3.05) is 30.2 Å². The van der Waals surface area contributed by atoms with Crippen LogP contribution in [-0.2, 0) is 26.0 Å². The number of likely N-dealkylation sites (N-methyl/N-ethyl adjacent to an activating group) is 1. The molecule has 0 saturated carbocycles. The molecule has 9 heteroatoms. The third-order valence-corrected chi connectivity index (χ3v) is 6.47. The van der Waals surface area contributed by atoms with Gasteiger partial charge in [-0.25, -0.2) is 8.42 Å². The number of carbonyl (C=O) groups excluding carboxylic acids is 2. The fraction of sp³-hybridized carbons (Fsp3) is 0.391. The highest BCUT2D eigenvalue weighted by Crippen LogP contribution is 2.27. The van der Waals surface area contributed by atoms with E-state index in [1.54, 1.807) is 24.3 Å². The number of anilines is 1. The Morgan fingerprint density at radius 2 is 1.66 bits per heavy atom. The van der Waals surface area contributed by atoms with Crippen molar-refractivity contribution >= 4 is 39.1 Å². The van der Waals surface area contributed by atoms with E-state index < -0.39 is 28.5 Å². The molecule has 32 heavy (non-hydrogen) atoms. The highest BCUT2D eigenvalue weighted by Gasteiger charge is 2.31. The van der Waals surface area contributed by atoms with E-state index in [9.17, 15) is 18.0 Å². The molecule has 1 unspecified atom stereocenters. The number of nitrogens with one attached hydrogen (secondary N) is 1. The Kier molecular flexibility index (Phi) is 9.53. The van der Waals surface area contributed by atoms with Crippen LogP contribution >= 0.6 is 11.6 Å². The standard InChI is InChI=1S/C23H30ClN3O4S/c1-4-20(23(29)25-5-2)26(16-15-18-11-7-6-8-12-18)22(28)17-27(32(3,30)31)21-14-10-9-13-19(21)24/h6-14,20H,4-5,15-17H2,1-3H3,(H,25,29). The molecule has 2 rings (SSSR count). The number of hydrogen-bond donors (Lipinski definition) is 1. The summed E-state index contributed by atoms with van der Waals surface area (Å²) in [5, 5.41) is 2.99. The van der Waals surface area contributed by atoms with E-state index >= 15 is 0 Å². The van der Waals surface area contributed by atoms with Crippen molar-refractivity contribution in [2.45, 2.75) is 32.7 Å². The van der Waals surface area contributed by atoms with Crippen molar-refractivity contribution in [2.24, 2.45) is 0 Å². The van der Waals surface area contributed by atoms with Gasteiger partial charge < -0.3 is 10.2 Å². The van der Waals surface area contributed by atoms with E-state index in [0.717, 1.165) is 16.1 Å². The topological polar surface area (TPSA) is 86.8 Å². The molecule has 0 fully saturated rings. The van der Waals surface area contributed by atoms with Gasteiger partial charge in [-0.05, 0) is 37.5 Å². The van der Waals surface area contributed by atoms with Crippen LogP contribution in [0.25, 0.3) is 0 Å². The van der Waals surface area contributed by atoms with Gasteiger partial charge in [-0.15, -0.1) is 0 Å². The maximum Gasteiger partial charge on any atom is 0.244 e. The van der Waals surface area contributed by atoms with Crippen LogP contribution in [0.15, 0.2) is 54.6 Å². The van der Waals surface area contributed by atoms with Crippen molar-refractivity contribution in [3.05, 3.63) is 65.2 Å². The van der Waals surface area contributed by atoms with Gasteiger partial charge in [-0.3, -0.25) is 13.9 Å². The lowest BCUT2D eigenvalue weighted by Gasteiger charge is -2.33. The lowest BCUT2D eigenvalue weighted by molar-refractivity contribution is -0.139. The molecular weight excluding hydrogens is 450 g/mol. The minimum Gasteiger partial charge on any atom is -0.355 e. The number of carbonyl (C=O) groups is 2. The molecule has 1 atom stereocenters. The fourth-order valence-electron chi connectivity index (χ4n) is 3.44. The van der Waals surface area contributed by atoms with Gasteiger partial charge >= 0.3 is 0 Å². The number of hydrogen-bond acceptors (Lipinski definition) is 4. The zero-order chi connectivity index (χ0) is 23.7. The number of benzene rings is 2. The molecule has 2 amide bonds. The largest absolute Gasteiger partial charge is 0.355 e. The van der Waals surface area contributed by atoms with Gasteiger partial charge in [0.05, 0.1) is 17.0 Å². The van der Waals surface area contributed by atoms with Crippen molar-refractivity contribution in [1.82, 2.24) is 10.2 Å². The Morgan fingerprint density at radius 3 is 2.22 bits per heavy atom. The molecule has 0 aromatic heterocycles. The first-order chi connectivity index (χ1) is 15.2. The Bertz CT molecular complexity index is 1010. The minimum atomic E-state index is -3.80. The van der Waals surface area contributed by atoms with Gasteiger partial charge in [0.1, 0.15) is 12.6 Å². The van der Waals surface area contributed by atoms with Gasteiger partial charge in [0.25, 0.3) is 0 Å². The summed E-state index contributed by atoms with van der Waals surface area (Å²) < 4.78 is 26.0. The summed E-state index contributed by atoms with van der Waals surface area (Å²) in [5.74, 6) is -0.732. The van der Waals surface area contributed by atoms with Crippen LogP contribution in [0.3, 0.4) is 0 Å². The zero-order valence-electron chi connectivity index (χ0n) is 18.6. The molecule has 0 spiro atoms. The average Bonchev–Trinajstić information content (AvgIpc) is 2.75. The first kappa shape index (κ1) is 25.7. The molecular formula is C23H30ClN3O4S. The van der Waals surface area contributed by atoms with Crippen molar-refractivity contribution in [3.8, 4) is 0 Å². The number of amides is 2. The van der Waals surface area contributed by atoms with Crippen LogP contribution in [0, 0.1) is 0 Å². The quantitative estimate of drug-likeness (QED) is 0.536. The second-order valence-corrected chi connectivity index (χ2v) is 9.68. The van der Waals surface area contributed by atoms with Gasteiger partial charge in [0.15, 0.2) is 0 Å². The monoisotopic (exact) mass is 479 g/mol. The Labute approximate surface area is 195 Å². The smallest absolute Gasteiger partial charge is 0.244 e. The minimum absolute atomic E-state index is 0.220. The SMILES string of the molecule is CCNC(=O)C(CC)N(CCc1ccccc1)C(=O)CN(c1ccccc1Cl)S(C)(=O)=O. The van der Waals surface area contributed by atoms with Gasteiger partial charge in [0.2, 0.25) is 21.8 Å². The number of nitrogens with zero attached hydrogens (tertiary/aromatic N) is 2. The van der Waals surface area contributed by atoms with Crippen LogP contribution in [0.4, 0.5) is 5.69 Å². The fourth-order valence-corrected chi connectivity index (χ4v) is 4.59. The molecule has 0 aliphatic rings. The van der Waals surface area contributed by atoms with Crippen LogP contribution in [-0.4, -0.2) is 57.1 Å². The maximum atomic E-state index is 13.4. The van der Waals surface area contributed by atoms with E-state index in [0.29, 0.717) is 19.4 Å². The van der Waals surface area contributed by atoms with E-state index in [1.165, 1.54) is 4.90 Å². The molecule has 0 bridgehead atoms. The first-order valence-corrected chi connectivity index (χ1v) is 12.7. The first-order valence-electron chi connectivity index (χ1n) is 10.5. The van der Waals surface area contributed by atoms with Crippen LogP contribution in [0.1, 0.15) is 25.8 Å². The van der Waals surface area contributed by atoms with Crippen molar-refractivity contribution < 1.29 is 18.0 Å². The van der Waals surface area contributed by atoms with Crippen molar-refractivity contribution in [1.29, 1.82) is 0 Å².